The molecule has 0 saturated heterocycles. The molecular formula is C13H12Cl2FN3. The van der Waals surface area contributed by atoms with E-state index in [2.05, 4.69) is 10.4 Å². The monoisotopic (exact) mass is 299 g/mol. The summed E-state index contributed by atoms with van der Waals surface area (Å²) in [7, 11) is 0. The Morgan fingerprint density at radius 2 is 1.89 bits per heavy atom. The van der Waals surface area contributed by atoms with Crippen LogP contribution in [-0.2, 0) is 6.42 Å². The van der Waals surface area contributed by atoms with Crippen molar-refractivity contribution >= 4 is 23.2 Å². The summed E-state index contributed by atoms with van der Waals surface area (Å²) < 4.78 is 13.7. The van der Waals surface area contributed by atoms with Gasteiger partial charge in [-0.2, -0.15) is 0 Å². The van der Waals surface area contributed by atoms with Crippen molar-refractivity contribution in [3.05, 3.63) is 63.6 Å². The Kier molecular flexibility index (Phi) is 4.71. The first kappa shape index (κ1) is 14.2. The van der Waals surface area contributed by atoms with Gasteiger partial charge in [0.15, 0.2) is 0 Å². The average Bonchev–Trinajstić information content (AvgIpc) is 2.40. The lowest BCUT2D eigenvalue weighted by molar-refractivity contribution is 0.495. The fraction of sp³-hybridized carbons (Fsp3) is 0.154. The summed E-state index contributed by atoms with van der Waals surface area (Å²) in [5.74, 6) is 5.06. The number of hydrazine groups is 1. The number of halogens is 3. The lowest BCUT2D eigenvalue weighted by Crippen LogP contribution is -2.31. The van der Waals surface area contributed by atoms with Crippen LogP contribution in [0.4, 0.5) is 4.39 Å². The van der Waals surface area contributed by atoms with Gasteiger partial charge in [-0.15, -0.1) is 0 Å². The Labute approximate surface area is 120 Å². The second kappa shape index (κ2) is 6.30. The molecule has 0 aliphatic heterocycles. The number of nitrogens with one attached hydrogen (secondary N) is 1. The maximum absolute atomic E-state index is 13.7. The van der Waals surface area contributed by atoms with Crippen molar-refractivity contribution in [2.24, 2.45) is 5.84 Å². The molecule has 0 spiro atoms. The van der Waals surface area contributed by atoms with Gasteiger partial charge in [-0.05, 0) is 36.2 Å². The largest absolute Gasteiger partial charge is 0.271 e. The fourth-order valence-corrected chi connectivity index (χ4v) is 2.37. The molecule has 0 fully saturated rings. The lowest BCUT2D eigenvalue weighted by Gasteiger charge is -2.17. The van der Waals surface area contributed by atoms with E-state index in [0.717, 1.165) is 0 Å². The van der Waals surface area contributed by atoms with Gasteiger partial charge in [-0.25, -0.2) is 4.39 Å². The Bertz CT molecular complexity index is 557. The zero-order valence-electron chi connectivity index (χ0n) is 9.91. The molecule has 0 bridgehead atoms. The van der Waals surface area contributed by atoms with E-state index < -0.39 is 11.9 Å². The van der Waals surface area contributed by atoms with Gasteiger partial charge in [0.05, 0.1) is 11.7 Å². The maximum atomic E-state index is 13.7. The van der Waals surface area contributed by atoms with Crippen molar-refractivity contribution in [3.8, 4) is 0 Å². The molecular weight excluding hydrogens is 288 g/mol. The van der Waals surface area contributed by atoms with Crippen LogP contribution >= 0.6 is 23.2 Å². The van der Waals surface area contributed by atoms with Crippen LogP contribution in [0.2, 0.25) is 10.0 Å². The van der Waals surface area contributed by atoms with Crippen LogP contribution in [0.5, 0.6) is 0 Å². The lowest BCUT2D eigenvalue weighted by atomic mass is 10.0. The molecule has 1 aromatic carbocycles. The third-order valence-electron chi connectivity index (χ3n) is 2.79. The van der Waals surface area contributed by atoms with Gasteiger partial charge in [0, 0.05) is 16.2 Å². The van der Waals surface area contributed by atoms with E-state index in [4.69, 9.17) is 29.0 Å². The van der Waals surface area contributed by atoms with Gasteiger partial charge in [0.2, 0.25) is 0 Å². The number of rotatable bonds is 4. The standard InChI is InChI=1S/C13H12Cl2FN3/c14-9-3-1-4-10(15)8(9)7-12(19-17)13-11(16)5-2-6-18-13/h1-6,12,19H,7,17H2. The minimum absolute atomic E-state index is 0.237. The molecule has 6 heteroatoms. The van der Waals surface area contributed by atoms with E-state index in [-0.39, 0.29) is 5.69 Å². The van der Waals surface area contributed by atoms with Crippen molar-refractivity contribution in [1.29, 1.82) is 0 Å². The average molecular weight is 300 g/mol. The summed E-state index contributed by atoms with van der Waals surface area (Å²) in [5.41, 5.74) is 3.49. The molecule has 2 rings (SSSR count). The predicted molar refractivity (Wildman–Crippen MR) is 74.4 cm³/mol. The predicted octanol–water partition coefficient (Wildman–Crippen LogP) is 3.27. The number of hydrogen-bond donors (Lipinski definition) is 2. The van der Waals surface area contributed by atoms with Crippen LogP contribution in [0.1, 0.15) is 17.3 Å². The molecule has 1 atom stereocenters. The molecule has 0 aliphatic rings. The van der Waals surface area contributed by atoms with E-state index in [9.17, 15) is 4.39 Å². The van der Waals surface area contributed by atoms with Crippen LogP contribution in [0.3, 0.4) is 0 Å². The van der Waals surface area contributed by atoms with Crippen LogP contribution in [-0.4, -0.2) is 4.98 Å². The Morgan fingerprint density at radius 1 is 1.21 bits per heavy atom. The van der Waals surface area contributed by atoms with Crippen molar-refractivity contribution in [2.75, 3.05) is 0 Å². The van der Waals surface area contributed by atoms with Gasteiger partial charge in [0.1, 0.15) is 5.82 Å². The minimum atomic E-state index is -0.501. The molecule has 1 unspecified atom stereocenters. The van der Waals surface area contributed by atoms with Crippen LogP contribution in [0.25, 0.3) is 0 Å². The second-order valence-corrected chi connectivity index (χ2v) is 4.81. The summed E-state index contributed by atoms with van der Waals surface area (Å²) in [6.07, 6.45) is 1.86. The summed E-state index contributed by atoms with van der Waals surface area (Å²) in [4.78, 5) is 4.00. The summed E-state index contributed by atoms with van der Waals surface area (Å²) in [6, 6.07) is 7.56. The highest BCUT2D eigenvalue weighted by atomic mass is 35.5. The van der Waals surface area contributed by atoms with E-state index in [1.165, 1.54) is 18.3 Å². The highest BCUT2D eigenvalue weighted by Crippen LogP contribution is 2.29. The first-order chi connectivity index (χ1) is 9.13. The molecule has 19 heavy (non-hydrogen) atoms. The normalized spacial score (nSPS) is 12.4. The Balaban J connectivity index is 2.32. The third-order valence-corrected chi connectivity index (χ3v) is 3.50. The van der Waals surface area contributed by atoms with E-state index in [0.29, 0.717) is 22.0 Å². The van der Waals surface area contributed by atoms with Crippen molar-refractivity contribution < 1.29 is 4.39 Å². The third kappa shape index (κ3) is 3.22. The van der Waals surface area contributed by atoms with Gasteiger partial charge < -0.3 is 0 Å². The van der Waals surface area contributed by atoms with E-state index >= 15 is 0 Å². The molecule has 0 amide bonds. The van der Waals surface area contributed by atoms with E-state index in [1.807, 2.05) is 0 Å². The molecule has 0 saturated carbocycles. The minimum Gasteiger partial charge on any atom is -0.271 e. The van der Waals surface area contributed by atoms with Gasteiger partial charge >= 0.3 is 0 Å². The quantitative estimate of drug-likeness (QED) is 0.673. The first-order valence-corrected chi connectivity index (χ1v) is 6.38. The SMILES string of the molecule is NNC(Cc1c(Cl)cccc1Cl)c1ncccc1F. The Hall–Kier alpha value is -1.20. The number of aromatic nitrogens is 1. The fourth-order valence-electron chi connectivity index (χ4n) is 1.82. The number of hydrogen-bond acceptors (Lipinski definition) is 3. The molecule has 3 nitrogen and oxygen atoms in total. The highest BCUT2D eigenvalue weighted by Gasteiger charge is 2.19. The molecule has 1 aromatic heterocycles. The van der Waals surface area contributed by atoms with Crippen molar-refractivity contribution in [3.63, 3.8) is 0 Å². The Morgan fingerprint density at radius 3 is 2.47 bits per heavy atom. The van der Waals surface area contributed by atoms with Crippen molar-refractivity contribution in [2.45, 2.75) is 12.5 Å². The zero-order chi connectivity index (χ0) is 13.8. The number of nitrogens with two attached hydrogens (primary N) is 1. The summed E-state index contributed by atoms with van der Waals surface area (Å²) in [5, 5.41) is 1.04. The molecule has 2 aromatic rings. The second-order valence-electron chi connectivity index (χ2n) is 3.99. The van der Waals surface area contributed by atoms with Crippen LogP contribution in [0, 0.1) is 5.82 Å². The van der Waals surface area contributed by atoms with Gasteiger partial charge in [-0.1, -0.05) is 29.3 Å². The number of benzene rings is 1. The van der Waals surface area contributed by atoms with Gasteiger partial charge in [0.25, 0.3) is 0 Å². The highest BCUT2D eigenvalue weighted by molar-refractivity contribution is 6.36. The van der Waals surface area contributed by atoms with Crippen molar-refractivity contribution in [1.82, 2.24) is 10.4 Å². The molecule has 3 N–H and O–H groups in total. The topological polar surface area (TPSA) is 50.9 Å². The number of nitrogens with zero attached hydrogens (tertiary/aromatic N) is 1. The van der Waals surface area contributed by atoms with E-state index in [1.54, 1.807) is 18.2 Å². The maximum Gasteiger partial charge on any atom is 0.146 e. The summed E-state index contributed by atoms with van der Waals surface area (Å²) >= 11 is 12.2. The molecule has 1 heterocycles. The molecule has 100 valence electrons. The number of pyridine rings is 1. The van der Waals surface area contributed by atoms with Gasteiger partial charge in [-0.3, -0.25) is 16.3 Å². The molecule has 0 radical (unpaired) electrons. The summed E-state index contributed by atoms with van der Waals surface area (Å²) in [6.45, 7) is 0. The first-order valence-electron chi connectivity index (χ1n) is 5.63. The smallest absolute Gasteiger partial charge is 0.146 e. The zero-order valence-corrected chi connectivity index (χ0v) is 11.4. The van der Waals surface area contributed by atoms with Crippen LogP contribution in [0.15, 0.2) is 36.5 Å². The molecule has 0 aliphatic carbocycles. The van der Waals surface area contributed by atoms with Crippen LogP contribution < -0.4 is 11.3 Å².